The summed E-state index contributed by atoms with van der Waals surface area (Å²) in [5, 5.41) is 7.07. The Balaban J connectivity index is 1.29. The third-order valence-electron chi connectivity index (χ3n) is 5.35. The molecule has 0 bridgehead atoms. The number of carbonyl (C=O) groups is 1. The number of benzene rings is 1. The minimum absolute atomic E-state index is 0.0447. The van der Waals surface area contributed by atoms with E-state index >= 15 is 0 Å². The molecular formula is C20H27N5O2. The number of urea groups is 1. The van der Waals surface area contributed by atoms with Crippen molar-refractivity contribution >= 4 is 23.2 Å². The van der Waals surface area contributed by atoms with Gasteiger partial charge in [-0.25, -0.2) is 4.79 Å². The Hall–Kier alpha value is -2.70. The highest BCUT2D eigenvalue weighted by Crippen LogP contribution is 2.22. The summed E-state index contributed by atoms with van der Waals surface area (Å²) >= 11 is 0. The fourth-order valence-electron chi connectivity index (χ4n) is 3.75. The van der Waals surface area contributed by atoms with Crippen molar-refractivity contribution < 1.29 is 9.32 Å². The molecule has 2 aliphatic rings. The molecule has 0 unspecified atom stereocenters. The van der Waals surface area contributed by atoms with E-state index in [1.807, 2.05) is 30.0 Å². The molecule has 0 spiro atoms. The monoisotopic (exact) mass is 369 g/mol. The van der Waals surface area contributed by atoms with Crippen LogP contribution in [-0.2, 0) is 0 Å². The average molecular weight is 369 g/mol. The maximum atomic E-state index is 12.6. The molecule has 1 aromatic heterocycles. The number of piperazine rings is 1. The Morgan fingerprint density at radius 1 is 0.963 bits per heavy atom. The van der Waals surface area contributed by atoms with Gasteiger partial charge in [-0.3, -0.25) is 0 Å². The van der Waals surface area contributed by atoms with Gasteiger partial charge in [0.2, 0.25) is 0 Å². The van der Waals surface area contributed by atoms with Gasteiger partial charge in [0.15, 0.2) is 5.82 Å². The number of nitrogens with zero attached hydrogens (tertiary/aromatic N) is 4. The number of aryl methyl sites for hydroxylation is 1. The van der Waals surface area contributed by atoms with Crippen molar-refractivity contribution in [2.45, 2.75) is 26.2 Å². The van der Waals surface area contributed by atoms with Crippen LogP contribution in [0.2, 0.25) is 0 Å². The van der Waals surface area contributed by atoms with Crippen LogP contribution in [0.15, 0.2) is 34.9 Å². The first-order valence-corrected chi connectivity index (χ1v) is 9.78. The van der Waals surface area contributed by atoms with Gasteiger partial charge < -0.3 is 24.5 Å². The Kier molecular flexibility index (Phi) is 5.18. The number of carbonyl (C=O) groups excluding carboxylic acids is 1. The molecule has 2 aliphatic heterocycles. The van der Waals surface area contributed by atoms with Crippen LogP contribution in [0, 0.1) is 6.92 Å². The number of aromatic nitrogens is 1. The molecule has 7 nitrogen and oxygen atoms in total. The van der Waals surface area contributed by atoms with Crippen molar-refractivity contribution in [3.63, 3.8) is 0 Å². The summed E-state index contributed by atoms with van der Waals surface area (Å²) in [6.07, 6.45) is 3.85. The van der Waals surface area contributed by atoms with E-state index in [0.29, 0.717) is 13.1 Å². The maximum Gasteiger partial charge on any atom is 0.321 e. The predicted octanol–water partition coefficient (Wildman–Crippen LogP) is 3.33. The molecule has 3 heterocycles. The van der Waals surface area contributed by atoms with Crippen LogP contribution in [0.1, 0.15) is 25.0 Å². The molecule has 2 fully saturated rings. The third kappa shape index (κ3) is 4.18. The molecule has 1 aromatic carbocycles. The number of rotatable bonds is 3. The fraction of sp³-hybridized carbons (Fsp3) is 0.500. The number of hydrogen-bond donors (Lipinski definition) is 1. The molecule has 1 N–H and O–H groups in total. The van der Waals surface area contributed by atoms with E-state index in [1.165, 1.54) is 24.9 Å². The Bertz CT molecular complexity index is 759. The minimum atomic E-state index is -0.0447. The van der Waals surface area contributed by atoms with E-state index < -0.39 is 0 Å². The van der Waals surface area contributed by atoms with Crippen LogP contribution in [0.3, 0.4) is 0 Å². The zero-order chi connectivity index (χ0) is 18.6. The lowest BCUT2D eigenvalue weighted by atomic mass is 10.1. The van der Waals surface area contributed by atoms with Crippen molar-refractivity contribution in [1.29, 1.82) is 0 Å². The maximum absolute atomic E-state index is 12.6. The number of nitrogens with one attached hydrogen (secondary N) is 1. The zero-order valence-electron chi connectivity index (χ0n) is 15.9. The summed E-state index contributed by atoms with van der Waals surface area (Å²) in [6, 6.07) is 10.1. The summed E-state index contributed by atoms with van der Waals surface area (Å²) in [7, 11) is 0. The van der Waals surface area contributed by atoms with Crippen LogP contribution in [-0.4, -0.2) is 55.4 Å². The molecule has 0 aliphatic carbocycles. The van der Waals surface area contributed by atoms with Crippen LogP contribution >= 0.6 is 0 Å². The van der Waals surface area contributed by atoms with Gasteiger partial charge in [-0.15, -0.1) is 0 Å². The van der Waals surface area contributed by atoms with Gasteiger partial charge in [-0.2, -0.15) is 0 Å². The molecule has 0 saturated carbocycles. The van der Waals surface area contributed by atoms with Crippen LogP contribution in [0.25, 0.3) is 0 Å². The lowest BCUT2D eigenvalue weighted by Gasteiger charge is -2.34. The van der Waals surface area contributed by atoms with Gasteiger partial charge in [-0.1, -0.05) is 5.16 Å². The second-order valence-corrected chi connectivity index (χ2v) is 7.29. The van der Waals surface area contributed by atoms with Gasteiger partial charge in [0.25, 0.3) is 0 Å². The lowest BCUT2D eigenvalue weighted by Crippen LogP contribution is -2.50. The molecular weight excluding hydrogens is 342 g/mol. The molecule has 2 saturated heterocycles. The topological polar surface area (TPSA) is 64.8 Å². The van der Waals surface area contributed by atoms with Gasteiger partial charge >= 0.3 is 6.03 Å². The van der Waals surface area contributed by atoms with E-state index in [9.17, 15) is 4.79 Å². The van der Waals surface area contributed by atoms with E-state index in [0.717, 1.165) is 43.4 Å². The van der Waals surface area contributed by atoms with Crippen molar-refractivity contribution in [2.24, 2.45) is 0 Å². The highest BCUT2D eigenvalue weighted by Gasteiger charge is 2.23. The average Bonchev–Trinajstić information content (AvgIpc) is 3.16. The molecule has 0 atom stereocenters. The highest BCUT2D eigenvalue weighted by atomic mass is 16.5. The van der Waals surface area contributed by atoms with Gasteiger partial charge in [0.05, 0.1) is 0 Å². The normalized spacial score (nSPS) is 17.9. The SMILES string of the molecule is Cc1cc(N2CCN(C(=O)Nc3ccc(N4CCCCC4)cc3)CC2)no1. The second-order valence-electron chi connectivity index (χ2n) is 7.29. The van der Waals surface area contributed by atoms with Crippen LogP contribution in [0.5, 0.6) is 0 Å². The van der Waals surface area contributed by atoms with Crippen molar-refractivity contribution in [3.8, 4) is 0 Å². The van der Waals surface area contributed by atoms with E-state index in [2.05, 4.69) is 32.4 Å². The van der Waals surface area contributed by atoms with Crippen molar-refractivity contribution in [2.75, 3.05) is 54.4 Å². The largest absolute Gasteiger partial charge is 0.372 e. The number of anilines is 3. The molecule has 27 heavy (non-hydrogen) atoms. The third-order valence-corrected chi connectivity index (χ3v) is 5.35. The van der Waals surface area contributed by atoms with Gasteiger partial charge in [-0.05, 0) is 50.5 Å². The van der Waals surface area contributed by atoms with Gasteiger partial charge in [0, 0.05) is 56.7 Å². The number of amides is 2. The summed E-state index contributed by atoms with van der Waals surface area (Å²) < 4.78 is 5.14. The first kappa shape index (κ1) is 17.7. The number of piperidine rings is 1. The zero-order valence-corrected chi connectivity index (χ0v) is 15.9. The van der Waals surface area contributed by atoms with Gasteiger partial charge in [0.1, 0.15) is 5.76 Å². The quantitative estimate of drug-likeness (QED) is 0.899. The Morgan fingerprint density at radius 2 is 1.67 bits per heavy atom. The van der Waals surface area contributed by atoms with Crippen molar-refractivity contribution in [3.05, 3.63) is 36.1 Å². The van der Waals surface area contributed by atoms with E-state index in [4.69, 9.17) is 4.52 Å². The first-order valence-electron chi connectivity index (χ1n) is 9.78. The number of hydrogen-bond acceptors (Lipinski definition) is 5. The lowest BCUT2D eigenvalue weighted by molar-refractivity contribution is 0.208. The second kappa shape index (κ2) is 7.90. The molecule has 2 aromatic rings. The smallest absolute Gasteiger partial charge is 0.321 e. The molecule has 2 amide bonds. The summed E-state index contributed by atoms with van der Waals surface area (Å²) in [6.45, 7) is 6.99. The molecule has 7 heteroatoms. The standard InChI is InChI=1S/C20H27N5O2/c1-16-15-19(22-27-16)24-11-13-25(14-12-24)20(26)21-17-5-7-18(8-6-17)23-9-3-2-4-10-23/h5-8,15H,2-4,9-14H2,1H3,(H,21,26). The Morgan fingerprint density at radius 3 is 2.30 bits per heavy atom. The molecule has 144 valence electrons. The van der Waals surface area contributed by atoms with Crippen LogP contribution < -0.4 is 15.1 Å². The minimum Gasteiger partial charge on any atom is -0.372 e. The fourth-order valence-corrected chi connectivity index (χ4v) is 3.75. The summed E-state index contributed by atoms with van der Waals surface area (Å²) in [4.78, 5) is 19.0. The van der Waals surface area contributed by atoms with E-state index in [-0.39, 0.29) is 6.03 Å². The molecule has 4 rings (SSSR count). The van der Waals surface area contributed by atoms with Crippen LogP contribution in [0.4, 0.5) is 22.0 Å². The predicted molar refractivity (Wildman–Crippen MR) is 107 cm³/mol. The molecule has 0 radical (unpaired) electrons. The Labute approximate surface area is 159 Å². The summed E-state index contributed by atoms with van der Waals surface area (Å²) in [5.74, 6) is 1.65. The van der Waals surface area contributed by atoms with Crippen molar-refractivity contribution in [1.82, 2.24) is 10.1 Å². The highest BCUT2D eigenvalue weighted by molar-refractivity contribution is 5.89. The van der Waals surface area contributed by atoms with E-state index in [1.54, 1.807) is 0 Å². The summed E-state index contributed by atoms with van der Waals surface area (Å²) in [5.41, 5.74) is 2.08. The first-order chi connectivity index (χ1) is 13.2.